The smallest absolute Gasteiger partial charge is 0.434 e. The van der Waals surface area contributed by atoms with Gasteiger partial charge >= 0.3 is 24.1 Å². The summed E-state index contributed by atoms with van der Waals surface area (Å²) in [5, 5.41) is 1.45. The van der Waals surface area contributed by atoms with E-state index < -0.39 is 29.8 Å². The molecule has 0 aliphatic carbocycles. The van der Waals surface area contributed by atoms with Gasteiger partial charge in [-0.25, -0.2) is 19.4 Å². The number of benzene rings is 2. The van der Waals surface area contributed by atoms with Crippen molar-refractivity contribution in [1.82, 2.24) is 10.0 Å². The molecule has 0 saturated carbocycles. The summed E-state index contributed by atoms with van der Waals surface area (Å²) in [5.41, 5.74) is -0.618. The number of hydrogen-bond acceptors (Lipinski definition) is 9. The molecule has 1 unspecified atom stereocenters. The van der Waals surface area contributed by atoms with Crippen LogP contribution in [0.25, 0.3) is 0 Å². The van der Waals surface area contributed by atoms with Crippen LogP contribution in [0.15, 0.2) is 65.7 Å². The lowest BCUT2D eigenvalue weighted by molar-refractivity contribution is -0.164. The van der Waals surface area contributed by atoms with Crippen LogP contribution in [0.5, 0.6) is 0 Å². The number of rotatable bonds is 10. The molecule has 0 saturated heterocycles. The minimum Gasteiger partial charge on any atom is -0.461 e. The summed E-state index contributed by atoms with van der Waals surface area (Å²) < 4.78 is 20.9. The van der Waals surface area contributed by atoms with Gasteiger partial charge in [0.1, 0.15) is 19.6 Å². The minimum absolute atomic E-state index is 0.0110. The molecule has 11 heteroatoms. The molecule has 0 radical (unpaired) electrons. The van der Waals surface area contributed by atoms with Crippen LogP contribution in [0, 0.1) is 0 Å². The third-order valence-corrected chi connectivity index (χ3v) is 5.30. The fraction of sp³-hybridized carbons (Fsp3) is 0.346. The van der Waals surface area contributed by atoms with E-state index in [1.165, 1.54) is 0 Å². The summed E-state index contributed by atoms with van der Waals surface area (Å²) in [7, 11) is 0. The maximum Gasteiger partial charge on any atom is 0.434 e. The summed E-state index contributed by atoms with van der Waals surface area (Å²) in [4.78, 5) is 55.8. The van der Waals surface area contributed by atoms with Gasteiger partial charge in [0, 0.05) is 6.42 Å². The molecule has 0 spiro atoms. The summed E-state index contributed by atoms with van der Waals surface area (Å²) in [6.45, 7) is 3.04. The fourth-order valence-electron chi connectivity index (χ4n) is 3.51. The van der Waals surface area contributed by atoms with E-state index in [4.69, 9.17) is 18.9 Å². The Hall–Kier alpha value is -4.41. The van der Waals surface area contributed by atoms with Crippen LogP contribution < -0.4 is 0 Å². The van der Waals surface area contributed by atoms with Crippen molar-refractivity contribution >= 4 is 30.5 Å². The molecule has 1 heterocycles. The molecule has 2 aromatic carbocycles. The van der Waals surface area contributed by atoms with Crippen LogP contribution in [0.2, 0.25) is 0 Å². The minimum atomic E-state index is -2.10. The van der Waals surface area contributed by atoms with Gasteiger partial charge in [0.05, 0.1) is 19.6 Å². The monoisotopic (exact) mass is 511 g/mol. The lowest BCUT2D eigenvalue weighted by Gasteiger charge is -2.35. The van der Waals surface area contributed by atoms with E-state index in [-0.39, 0.29) is 39.3 Å². The lowest BCUT2D eigenvalue weighted by atomic mass is 10.0. The zero-order valence-corrected chi connectivity index (χ0v) is 20.7. The third kappa shape index (κ3) is 6.84. The Morgan fingerprint density at radius 1 is 0.757 bits per heavy atom. The number of ether oxygens (including phenoxy) is 4. The SMILES string of the molecule is CCOC(=O)N1C=NC(CCC(=O)OCc2ccccc2)(C(=O)OCc2ccccc2)N1C(=O)OCC. The Bertz CT molecular complexity index is 1110. The Labute approximate surface area is 214 Å². The summed E-state index contributed by atoms with van der Waals surface area (Å²) in [6, 6.07) is 18.0. The molecule has 2 aromatic rings. The molecule has 196 valence electrons. The first-order valence-corrected chi connectivity index (χ1v) is 11.8. The van der Waals surface area contributed by atoms with Gasteiger partial charge in [0.25, 0.3) is 5.66 Å². The first-order chi connectivity index (χ1) is 17.9. The molecule has 11 nitrogen and oxygen atoms in total. The number of amides is 2. The zero-order chi connectivity index (χ0) is 26.7. The second kappa shape index (κ2) is 13.1. The van der Waals surface area contributed by atoms with Crippen molar-refractivity contribution in [3.8, 4) is 0 Å². The summed E-state index contributed by atoms with van der Waals surface area (Å²) in [5.74, 6) is -1.59. The number of esters is 2. The average molecular weight is 512 g/mol. The van der Waals surface area contributed by atoms with Crippen molar-refractivity contribution < 1.29 is 38.1 Å². The molecule has 3 rings (SSSR count). The fourth-order valence-corrected chi connectivity index (χ4v) is 3.51. The zero-order valence-electron chi connectivity index (χ0n) is 20.7. The van der Waals surface area contributed by atoms with E-state index >= 15 is 0 Å². The predicted octanol–water partition coefficient (Wildman–Crippen LogP) is 3.82. The number of carbonyl (C=O) groups is 4. The Morgan fingerprint density at radius 2 is 1.30 bits per heavy atom. The molecule has 0 bridgehead atoms. The van der Waals surface area contributed by atoms with Gasteiger partial charge in [-0.05, 0) is 25.0 Å². The molecule has 1 aliphatic heterocycles. The first kappa shape index (κ1) is 27.2. The molecule has 2 amide bonds. The number of carbonyl (C=O) groups excluding carboxylic acids is 4. The summed E-state index contributed by atoms with van der Waals surface area (Å²) >= 11 is 0. The molecular weight excluding hydrogens is 482 g/mol. The van der Waals surface area contributed by atoms with E-state index in [0.717, 1.165) is 16.9 Å². The highest BCUT2D eigenvalue weighted by Gasteiger charge is 2.56. The normalized spacial score (nSPS) is 16.3. The van der Waals surface area contributed by atoms with Crippen molar-refractivity contribution in [2.45, 2.75) is 45.6 Å². The van der Waals surface area contributed by atoms with Crippen LogP contribution in [0.4, 0.5) is 9.59 Å². The Balaban J connectivity index is 1.83. The topological polar surface area (TPSA) is 124 Å². The van der Waals surface area contributed by atoms with Gasteiger partial charge in [0.15, 0.2) is 0 Å². The van der Waals surface area contributed by atoms with Gasteiger partial charge < -0.3 is 18.9 Å². The van der Waals surface area contributed by atoms with E-state index in [0.29, 0.717) is 10.6 Å². The van der Waals surface area contributed by atoms with Crippen LogP contribution in [-0.2, 0) is 41.8 Å². The highest BCUT2D eigenvalue weighted by Crippen LogP contribution is 2.33. The van der Waals surface area contributed by atoms with Crippen molar-refractivity contribution in [1.29, 1.82) is 0 Å². The van der Waals surface area contributed by atoms with Gasteiger partial charge in [-0.15, -0.1) is 0 Å². The third-order valence-electron chi connectivity index (χ3n) is 5.30. The summed E-state index contributed by atoms with van der Waals surface area (Å²) in [6.07, 6.45) is -1.66. The average Bonchev–Trinajstić information content (AvgIpc) is 3.32. The molecule has 37 heavy (non-hydrogen) atoms. The molecule has 1 aliphatic rings. The van der Waals surface area contributed by atoms with E-state index in [1.54, 1.807) is 50.2 Å². The molecular formula is C26H29N3O8. The number of hydrazine groups is 1. The second-order valence-corrected chi connectivity index (χ2v) is 7.82. The lowest BCUT2D eigenvalue weighted by Crippen LogP contribution is -2.60. The van der Waals surface area contributed by atoms with Gasteiger partial charge in [-0.1, -0.05) is 60.7 Å². The highest BCUT2D eigenvalue weighted by atomic mass is 16.6. The van der Waals surface area contributed by atoms with Crippen LogP contribution in [0.1, 0.15) is 37.8 Å². The van der Waals surface area contributed by atoms with E-state index in [1.807, 2.05) is 24.3 Å². The molecule has 0 fully saturated rings. The van der Waals surface area contributed by atoms with Crippen LogP contribution in [0.3, 0.4) is 0 Å². The van der Waals surface area contributed by atoms with Gasteiger partial charge in [-0.3, -0.25) is 4.79 Å². The van der Waals surface area contributed by atoms with Crippen molar-refractivity contribution in [3.63, 3.8) is 0 Å². The second-order valence-electron chi connectivity index (χ2n) is 7.82. The first-order valence-electron chi connectivity index (χ1n) is 11.8. The largest absolute Gasteiger partial charge is 0.461 e. The standard InChI is InChI=1S/C26H29N3O8/c1-3-34-24(32)28-19-27-26(29(28)25(33)35-4-2,23(31)37-18-21-13-9-6-10-14-21)16-15-22(30)36-17-20-11-7-5-8-12-20/h5-14,19H,3-4,15-18H2,1-2H3. The molecule has 0 N–H and O–H groups in total. The molecule has 0 aromatic heterocycles. The highest BCUT2D eigenvalue weighted by molar-refractivity contribution is 5.95. The Kier molecular flexibility index (Phi) is 9.59. The quantitative estimate of drug-likeness (QED) is 0.348. The maximum atomic E-state index is 13.5. The van der Waals surface area contributed by atoms with E-state index in [9.17, 15) is 19.2 Å². The van der Waals surface area contributed by atoms with Crippen molar-refractivity contribution in [2.24, 2.45) is 4.99 Å². The Morgan fingerprint density at radius 3 is 1.86 bits per heavy atom. The maximum absolute atomic E-state index is 13.5. The van der Waals surface area contributed by atoms with Crippen LogP contribution >= 0.6 is 0 Å². The van der Waals surface area contributed by atoms with Crippen molar-refractivity contribution in [3.05, 3.63) is 71.8 Å². The van der Waals surface area contributed by atoms with Crippen LogP contribution in [-0.4, -0.2) is 59.4 Å². The van der Waals surface area contributed by atoms with Gasteiger partial charge in [0.2, 0.25) is 0 Å². The number of aliphatic imine (C=N–C) groups is 1. The number of hydrogen-bond donors (Lipinski definition) is 0. The van der Waals surface area contributed by atoms with E-state index in [2.05, 4.69) is 4.99 Å². The number of nitrogens with zero attached hydrogens (tertiary/aromatic N) is 3. The van der Waals surface area contributed by atoms with Crippen molar-refractivity contribution in [2.75, 3.05) is 13.2 Å². The molecule has 1 atom stereocenters. The predicted molar refractivity (Wildman–Crippen MR) is 131 cm³/mol. The van der Waals surface area contributed by atoms with Gasteiger partial charge in [-0.2, -0.15) is 10.0 Å².